The summed E-state index contributed by atoms with van der Waals surface area (Å²) >= 11 is 1.66. The van der Waals surface area contributed by atoms with Crippen LogP contribution < -0.4 is 5.32 Å². The third-order valence-electron chi connectivity index (χ3n) is 3.30. The Bertz CT molecular complexity index is 422. The zero-order chi connectivity index (χ0) is 13.7. The fraction of sp³-hybridized carbons (Fsp3) is 0.692. The molecule has 1 saturated heterocycles. The number of morpholine rings is 1. The first-order valence-electron chi connectivity index (χ1n) is 6.80. The molecule has 2 heterocycles. The lowest BCUT2D eigenvalue weighted by atomic mass is 10.2. The Morgan fingerprint density at radius 2 is 2.47 bits per heavy atom. The van der Waals surface area contributed by atoms with E-state index in [1.54, 1.807) is 11.3 Å². The molecule has 0 unspecified atom stereocenters. The number of hydrogen-bond acceptors (Lipinski definition) is 4. The van der Waals surface area contributed by atoms with Crippen LogP contribution in [0.25, 0.3) is 0 Å². The topological polar surface area (TPSA) is 54.5 Å². The van der Waals surface area contributed by atoms with Crippen LogP contribution >= 0.6 is 11.3 Å². The Hall–Kier alpha value is -1.14. The second-order valence-corrected chi connectivity index (χ2v) is 5.76. The number of carbonyl (C=O) groups excluding carboxylic acids is 1. The van der Waals surface area contributed by atoms with Gasteiger partial charge in [-0.2, -0.15) is 0 Å². The quantitative estimate of drug-likeness (QED) is 0.920. The lowest BCUT2D eigenvalue weighted by Crippen LogP contribution is -2.52. The minimum Gasteiger partial charge on any atom is -0.377 e. The monoisotopic (exact) mass is 283 g/mol. The number of ether oxygens (including phenoxy) is 1. The van der Waals surface area contributed by atoms with E-state index in [-0.39, 0.29) is 12.1 Å². The van der Waals surface area contributed by atoms with Crippen LogP contribution in [-0.4, -0.2) is 41.7 Å². The molecule has 2 rings (SSSR count). The molecule has 5 nitrogen and oxygen atoms in total. The molecule has 1 aliphatic heterocycles. The lowest BCUT2D eigenvalue weighted by molar-refractivity contribution is 0.0112. The molecule has 1 aromatic heterocycles. The van der Waals surface area contributed by atoms with Gasteiger partial charge in [-0.05, 0) is 12.8 Å². The maximum Gasteiger partial charge on any atom is 0.318 e. The molecule has 106 valence electrons. The van der Waals surface area contributed by atoms with Crippen LogP contribution in [0, 0.1) is 0 Å². The van der Waals surface area contributed by atoms with Crippen LogP contribution in [0.2, 0.25) is 0 Å². The molecule has 0 radical (unpaired) electrons. The highest BCUT2D eigenvalue weighted by Gasteiger charge is 2.25. The Labute approximate surface area is 118 Å². The van der Waals surface area contributed by atoms with Gasteiger partial charge in [0.25, 0.3) is 0 Å². The average Bonchev–Trinajstić information content (AvgIpc) is 2.92. The maximum absolute atomic E-state index is 12.2. The number of nitrogens with zero attached hydrogens (tertiary/aromatic N) is 2. The van der Waals surface area contributed by atoms with Crippen LogP contribution in [-0.2, 0) is 17.7 Å². The standard InChI is InChI=1S/C13H21N3O2S/c1-3-10-9-18-6-5-16(10)13(17)15-8-12-14-7-11(4-2)19-12/h7,10H,3-6,8-9H2,1-2H3,(H,15,17)/t10-/m0/s1. The third kappa shape index (κ3) is 3.67. The predicted octanol–water partition coefficient (Wildman–Crippen LogP) is 2.03. The van der Waals surface area contributed by atoms with E-state index in [0.29, 0.717) is 26.3 Å². The maximum atomic E-state index is 12.2. The molecule has 0 aromatic carbocycles. The van der Waals surface area contributed by atoms with Gasteiger partial charge < -0.3 is 15.0 Å². The number of nitrogens with one attached hydrogen (secondary N) is 1. The van der Waals surface area contributed by atoms with E-state index in [4.69, 9.17) is 4.74 Å². The van der Waals surface area contributed by atoms with Gasteiger partial charge >= 0.3 is 6.03 Å². The van der Waals surface area contributed by atoms with E-state index in [2.05, 4.69) is 24.1 Å². The van der Waals surface area contributed by atoms with Crippen LogP contribution in [0.15, 0.2) is 6.20 Å². The van der Waals surface area contributed by atoms with Gasteiger partial charge in [-0.25, -0.2) is 9.78 Å². The van der Waals surface area contributed by atoms with E-state index in [1.807, 2.05) is 11.1 Å². The SMILES string of the molecule is CCc1cnc(CNC(=O)N2CCOC[C@@H]2CC)s1. The van der Waals surface area contributed by atoms with Gasteiger partial charge in [0.05, 0.1) is 25.8 Å². The second-order valence-electron chi connectivity index (χ2n) is 4.56. The molecule has 0 bridgehead atoms. The second kappa shape index (κ2) is 6.86. The van der Waals surface area contributed by atoms with Crippen LogP contribution in [0.5, 0.6) is 0 Å². The van der Waals surface area contributed by atoms with Crippen molar-refractivity contribution in [1.82, 2.24) is 15.2 Å². The number of urea groups is 1. The summed E-state index contributed by atoms with van der Waals surface area (Å²) in [5, 5.41) is 3.91. The zero-order valence-electron chi connectivity index (χ0n) is 11.5. The smallest absolute Gasteiger partial charge is 0.318 e. The van der Waals surface area contributed by atoms with E-state index in [9.17, 15) is 4.79 Å². The highest BCUT2D eigenvalue weighted by molar-refractivity contribution is 7.11. The number of amides is 2. The van der Waals surface area contributed by atoms with Crippen molar-refractivity contribution in [2.24, 2.45) is 0 Å². The number of rotatable bonds is 4. The molecule has 1 aliphatic rings. The van der Waals surface area contributed by atoms with Crippen LogP contribution in [0.4, 0.5) is 4.79 Å². The molecule has 0 saturated carbocycles. The highest BCUT2D eigenvalue weighted by Crippen LogP contribution is 2.14. The molecule has 6 heteroatoms. The molecule has 0 aliphatic carbocycles. The van der Waals surface area contributed by atoms with Gasteiger partial charge in [0.1, 0.15) is 5.01 Å². The van der Waals surface area contributed by atoms with Crippen molar-refractivity contribution in [3.63, 3.8) is 0 Å². The molecule has 1 fully saturated rings. The Morgan fingerprint density at radius 1 is 1.63 bits per heavy atom. The summed E-state index contributed by atoms with van der Waals surface area (Å²) in [6, 6.07) is 0.180. The van der Waals surface area contributed by atoms with Gasteiger partial charge in [-0.15, -0.1) is 11.3 Å². The fourth-order valence-corrected chi connectivity index (χ4v) is 2.91. The molecule has 1 N–H and O–H groups in total. The van der Waals surface area contributed by atoms with Crippen molar-refractivity contribution >= 4 is 17.4 Å². The van der Waals surface area contributed by atoms with Crippen molar-refractivity contribution in [1.29, 1.82) is 0 Å². The normalized spacial score (nSPS) is 19.5. The summed E-state index contributed by atoms with van der Waals surface area (Å²) in [6.45, 7) is 6.63. The Balaban J connectivity index is 1.86. The fourth-order valence-electron chi connectivity index (χ4n) is 2.11. The number of thiazole rings is 1. The van der Waals surface area contributed by atoms with Gasteiger partial charge in [-0.1, -0.05) is 13.8 Å². The van der Waals surface area contributed by atoms with Gasteiger partial charge in [0, 0.05) is 17.6 Å². The van der Waals surface area contributed by atoms with Crippen molar-refractivity contribution in [2.75, 3.05) is 19.8 Å². The number of aryl methyl sites for hydroxylation is 1. The molecule has 1 atom stereocenters. The summed E-state index contributed by atoms with van der Waals surface area (Å²) in [7, 11) is 0. The number of aromatic nitrogens is 1. The first-order valence-corrected chi connectivity index (χ1v) is 7.62. The molecule has 19 heavy (non-hydrogen) atoms. The van der Waals surface area contributed by atoms with Crippen LogP contribution in [0.1, 0.15) is 30.2 Å². The minimum absolute atomic E-state index is 0.0107. The molecular weight excluding hydrogens is 262 g/mol. The average molecular weight is 283 g/mol. The van der Waals surface area contributed by atoms with Crippen molar-refractivity contribution < 1.29 is 9.53 Å². The first-order chi connectivity index (χ1) is 9.24. The van der Waals surface area contributed by atoms with Gasteiger partial charge in [0.2, 0.25) is 0 Å². The van der Waals surface area contributed by atoms with Crippen molar-refractivity contribution in [2.45, 2.75) is 39.3 Å². The summed E-state index contributed by atoms with van der Waals surface area (Å²) in [4.78, 5) is 19.6. The van der Waals surface area contributed by atoms with Crippen molar-refractivity contribution in [3.05, 3.63) is 16.1 Å². The Kier molecular flexibility index (Phi) is 5.15. The van der Waals surface area contributed by atoms with E-state index in [0.717, 1.165) is 17.8 Å². The van der Waals surface area contributed by atoms with E-state index in [1.165, 1.54) is 4.88 Å². The predicted molar refractivity (Wildman–Crippen MR) is 75.3 cm³/mol. The summed E-state index contributed by atoms with van der Waals surface area (Å²) in [5.74, 6) is 0. The number of hydrogen-bond donors (Lipinski definition) is 1. The largest absolute Gasteiger partial charge is 0.377 e. The molecular formula is C13H21N3O2S. The molecule has 0 spiro atoms. The summed E-state index contributed by atoms with van der Waals surface area (Å²) in [6.07, 6.45) is 3.80. The van der Waals surface area contributed by atoms with Gasteiger partial charge in [0.15, 0.2) is 0 Å². The summed E-state index contributed by atoms with van der Waals surface area (Å²) in [5.41, 5.74) is 0. The Morgan fingerprint density at radius 3 is 3.16 bits per heavy atom. The molecule has 1 aromatic rings. The lowest BCUT2D eigenvalue weighted by Gasteiger charge is -2.34. The molecule has 2 amide bonds. The van der Waals surface area contributed by atoms with E-state index < -0.39 is 0 Å². The zero-order valence-corrected chi connectivity index (χ0v) is 12.3. The third-order valence-corrected chi connectivity index (χ3v) is 4.44. The van der Waals surface area contributed by atoms with Crippen LogP contribution in [0.3, 0.4) is 0 Å². The van der Waals surface area contributed by atoms with Crippen molar-refractivity contribution in [3.8, 4) is 0 Å². The minimum atomic E-state index is -0.0107. The number of carbonyl (C=O) groups is 1. The highest BCUT2D eigenvalue weighted by atomic mass is 32.1. The van der Waals surface area contributed by atoms with Gasteiger partial charge in [-0.3, -0.25) is 0 Å². The first kappa shape index (κ1) is 14.3. The van der Waals surface area contributed by atoms with E-state index >= 15 is 0 Å². The summed E-state index contributed by atoms with van der Waals surface area (Å²) < 4.78 is 5.40.